The zero-order valence-electron chi connectivity index (χ0n) is 18.4. The highest BCUT2D eigenvalue weighted by Gasteiger charge is 2.68. The van der Waals surface area contributed by atoms with E-state index in [1.165, 1.54) is 0 Å². The molecule has 0 radical (unpaired) electrons. The minimum absolute atomic E-state index is 0.0287. The number of aliphatic carboxylic acids is 1. The van der Waals surface area contributed by atoms with Crippen molar-refractivity contribution < 1.29 is 24.5 Å². The summed E-state index contributed by atoms with van der Waals surface area (Å²) in [6.45, 7) is 8.42. The van der Waals surface area contributed by atoms with Crippen molar-refractivity contribution in [3.05, 3.63) is 0 Å². The molecule has 0 heterocycles. The second-order valence-electron chi connectivity index (χ2n) is 11.5. The molecule has 0 aromatic rings. The first-order chi connectivity index (χ1) is 13.5. The Hall–Kier alpha value is -1.10. The van der Waals surface area contributed by atoms with Crippen molar-refractivity contribution in [3.8, 4) is 0 Å². The quantitative estimate of drug-likeness (QED) is 0.681. The van der Waals surface area contributed by atoms with Crippen LogP contribution in [0.5, 0.6) is 0 Å². The number of esters is 1. The Morgan fingerprint density at radius 1 is 1.10 bits per heavy atom. The largest absolute Gasteiger partial charge is 0.481 e. The maximum atomic E-state index is 12.2. The van der Waals surface area contributed by atoms with E-state index in [0.717, 1.165) is 38.5 Å². The van der Waals surface area contributed by atoms with Gasteiger partial charge < -0.3 is 14.9 Å². The lowest BCUT2D eigenvalue weighted by molar-refractivity contribution is -0.208. The standard InChI is InChI=1S/C24H38O5/c1-14(2)20(26)29-13-16-12-24-11-15(16)6-7-17(24)22(3)8-5-9-23(4,21(27)28)18(22)10-19(24)25/h14-19,25H,5-13H2,1-4H3,(H,27,28). The van der Waals surface area contributed by atoms with Crippen LogP contribution in [0.25, 0.3) is 0 Å². The second-order valence-corrected chi connectivity index (χ2v) is 11.5. The number of hydrogen-bond donors (Lipinski definition) is 2. The summed E-state index contributed by atoms with van der Waals surface area (Å²) in [6, 6.07) is 0. The van der Waals surface area contributed by atoms with Gasteiger partial charge in [0.15, 0.2) is 0 Å². The van der Waals surface area contributed by atoms with Crippen LogP contribution >= 0.6 is 0 Å². The fraction of sp³-hybridized carbons (Fsp3) is 0.917. The van der Waals surface area contributed by atoms with Gasteiger partial charge in [0.25, 0.3) is 0 Å². The van der Waals surface area contributed by atoms with Crippen LogP contribution in [0.1, 0.15) is 79.1 Å². The normalized spacial score (nSPS) is 48.7. The van der Waals surface area contributed by atoms with Gasteiger partial charge in [0, 0.05) is 5.41 Å². The van der Waals surface area contributed by atoms with E-state index in [4.69, 9.17) is 4.74 Å². The molecule has 0 amide bonds. The first-order valence-electron chi connectivity index (χ1n) is 11.6. The highest BCUT2D eigenvalue weighted by molar-refractivity contribution is 5.75. The van der Waals surface area contributed by atoms with Crippen LogP contribution in [0.4, 0.5) is 0 Å². The minimum atomic E-state index is -0.739. The Kier molecular flexibility index (Phi) is 5.08. The molecule has 8 atom stereocenters. The van der Waals surface area contributed by atoms with E-state index < -0.39 is 17.5 Å². The maximum Gasteiger partial charge on any atom is 0.309 e. The molecular weight excluding hydrogens is 368 g/mol. The number of hydrogen-bond acceptors (Lipinski definition) is 4. The summed E-state index contributed by atoms with van der Waals surface area (Å²) < 4.78 is 5.61. The molecule has 8 unspecified atom stereocenters. The van der Waals surface area contributed by atoms with E-state index in [0.29, 0.717) is 37.2 Å². The molecule has 5 nitrogen and oxygen atoms in total. The fourth-order valence-corrected chi connectivity index (χ4v) is 8.30. The summed E-state index contributed by atoms with van der Waals surface area (Å²) in [5.41, 5.74) is -0.893. The van der Waals surface area contributed by atoms with Crippen molar-refractivity contribution in [3.63, 3.8) is 0 Å². The van der Waals surface area contributed by atoms with E-state index in [1.54, 1.807) is 0 Å². The van der Waals surface area contributed by atoms with Crippen molar-refractivity contribution in [1.29, 1.82) is 0 Å². The van der Waals surface area contributed by atoms with E-state index in [1.807, 2.05) is 20.8 Å². The van der Waals surface area contributed by atoms with Gasteiger partial charge in [0.05, 0.1) is 24.0 Å². The number of carbonyl (C=O) groups is 2. The molecule has 0 saturated heterocycles. The van der Waals surface area contributed by atoms with Crippen LogP contribution in [0.2, 0.25) is 0 Å². The molecule has 2 N–H and O–H groups in total. The average Bonchev–Trinajstić information content (AvgIpc) is 2.93. The zero-order valence-corrected chi connectivity index (χ0v) is 18.4. The first-order valence-corrected chi connectivity index (χ1v) is 11.6. The van der Waals surface area contributed by atoms with E-state index in [-0.39, 0.29) is 28.6 Å². The van der Waals surface area contributed by atoms with Crippen LogP contribution in [0, 0.1) is 45.8 Å². The highest BCUT2D eigenvalue weighted by Crippen LogP contribution is 2.72. The lowest BCUT2D eigenvalue weighted by Crippen LogP contribution is -2.62. The van der Waals surface area contributed by atoms with Gasteiger partial charge in [-0.1, -0.05) is 27.2 Å². The maximum absolute atomic E-state index is 12.2. The first kappa shape index (κ1) is 21.1. The molecule has 5 heteroatoms. The van der Waals surface area contributed by atoms with Gasteiger partial charge in [-0.05, 0) is 81.0 Å². The molecule has 0 aliphatic heterocycles. The van der Waals surface area contributed by atoms with Gasteiger partial charge in [0.1, 0.15) is 0 Å². The van der Waals surface area contributed by atoms with E-state index >= 15 is 0 Å². The van der Waals surface area contributed by atoms with Crippen molar-refractivity contribution in [2.75, 3.05) is 6.61 Å². The monoisotopic (exact) mass is 406 g/mol. The molecule has 0 aromatic carbocycles. The molecule has 4 aliphatic carbocycles. The summed E-state index contributed by atoms with van der Waals surface area (Å²) >= 11 is 0. The summed E-state index contributed by atoms with van der Waals surface area (Å²) in [7, 11) is 0. The zero-order chi connectivity index (χ0) is 21.2. The third kappa shape index (κ3) is 2.97. The lowest BCUT2D eigenvalue weighted by Gasteiger charge is -2.64. The van der Waals surface area contributed by atoms with Crippen LogP contribution in [-0.2, 0) is 14.3 Å². The second kappa shape index (κ2) is 6.96. The lowest BCUT2D eigenvalue weighted by atomic mass is 9.40. The third-order valence-electron chi connectivity index (χ3n) is 9.77. The number of aliphatic hydroxyl groups is 1. The number of carboxylic acid groups (broad SMARTS) is 1. The van der Waals surface area contributed by atoms with Crippen molar-refractivity contribution >= 4 is 11.9 Å². The molecule has 0 aromatic heterocycles. The Labute approximate surface area is 174 Å². The number of carboxylic acids is 1. The molecule has 4 fully saturated rings. The predicted octanol–water partition coefficient (Wildman–Crippen LogP) is 4.27. The van der Waals surface area contributed by atoms with Crippen molar-refractivity contribution in [2.45, 2.75) is 85.2 Å². The minimum Gasteiger partial charge on any atom is -0.481 e. The number of carbonyl (C=O) groups excluding carboxylic acids is 1. The van der Waals surface area contributed by atoms with Crippen molar-refractivity contribution in [1.82, 2.24) is 0 Å². The molecule has 4 rings (SSSR count). The Morgan fingerprint density at radius 2 is 1.83 bits per heavy atom. The van der Waals surface area contributed by atoms with Crippen LogP contribution < -0.4 is 0 Å². The Bertz CT molecular complexity index is 689. The number of rotatable bonds is 4. The van der Waals surface area contributed by atoms with Crippen molar-refractivity contribution in [2.24, 2.45) is 45.8 Å². The van der Waals surface area contributed by atoms with Crippen LogP contribution in [-0.4, -0.2) is 34.9 Å². The number of aliphatic hydroxyl groups excluding tert-OH is 1. The molecule has 2 bridgehead atoms. The number of fused-ring (bicyclic) bond motifs is 3. The average molecular weight is 407 g/mol. The summed E-state index contributed by atoms with van der Waals surface area (Å²) in [4.78, 5) is 24.2. The smallest absolute Gasteiger partial charge is 0.309 e. The molecule has 4 saturated carbocycles. The molecule has 1 spiro atoms. The van der Waals surface area contributed by atoms with Gasteiger partial charge >= 0.3 is 11.9 Å². The molecule has 29 heavy (non-hydrogen) atoms. The fourth-order valence-electron chi connectivity index (χ4n) is 8.30. The van der Waals surface area contributed by atoms with Crippen LogP contribution in [0.15, 0.2) is 0 Å². The third-order valence-corrected chi connectivity index (χ3v) is 9.77. The number of ether oxygens (including phenoxy) is 1. The predicted molar refractivity (Wildman–Crippen MR) is 109 cm³/mol. The van der Waals surface area contributed by atoms with Gasteiger partial charge in [-0.15, -0.1) is 0 Å². The Morgan fingerprint density at radius 3 is 2.48 bits per heavy atom. The van der Waals surface area contributed by atoms with Gasteiger partial charge in [-0.2, -0.15) is 0 Å². The van der Waals surface area contributed by atoms with E-state index in [9.17, 15) is 19.8 Å². The summed E-state index contributed by atoms with van der Waals surface area (Å²) in [5, 5.41) is 21.5. The van der Waals surface area contributed by atoms with Gasteiger partial charge in [-0.3, -0.25) is 9.59 Å². The van der Waals surface area contributed by atoms with Crippen LogP contribution in [0.3, 0.4) is 0 Å². The molecular formula is C24H38O5. The van der Waals surface area contributed by atoms with E-state index in [2.05, 4.69) is 6.92 Å². The summed E-state index contributed by atoms with van der Waals surface area (Å²) in [6.07, 6.45) is 6.99. The molecule has 164 valence electrons. The van der Waals surface area contributed by atoms with Gasteiger partial charge in [0.2, 0.25) is 0 Å². The highest BCUT2D eigenvalue weighted by atomic mass is 16.5. The Balaban J connectivity index is 1.60. The SMILES string of the molecule is CC(C)C(=O)OCC1CC23CC1CCC2C1(C)CCCC(C)(C(=O)O)C1CC3O. The topological polar surface area (TPSA) is 83.8 Å². The molecule has 4 aliphatic rings. The van der Waals surface area contributed by atoms with Gasteiger partial charge in [-0.25, -0.2) is 0 Å². The summed E-state index contributed by atoms with van der Waals surface area (Å²) in [5.74, 6) is 0.280.